The van der Waals surface area contributed by atoms with E-state index >= 15 is 0 Å². The molecule has 0 unspecified atom stereocenters. The minimum absolute atomic E-state index is 0.212. The highest BCUT2D eigenvalue weighted by molar-refractivity contribution is 6.14. The Morgan fingerprint density at radius 1 is 1.10 bits per heavy atom. The number of allylic oxidation sites excluding steroid dienone is 2. The molecule has 3 rings (SSSR count). The van der Waals surface area contributed by atoms with Gasteiger partial charge in [-0.2, -0.15) is 0 Å². The topological polar surface area (TPSA) is 91.3 Å². The van der Waals surface area contributed by atoms with Crippen molar-refractivity contribution in [2.75, 3.05) is 20.3 Å². The highest BCUT2D eigenvalue weighted by Crippen LogP contribution is 2.48. The molecule has 1 aliphatic carbocycles. The summed E-state index contributed by atoms with van der Waals surface area (Å²) < 4.78 is 16.1. The Morgan fingerprint density at radius 2 is 1.81 bits per heavy atom. The molecule has 0 radical (unpaired) electrons. The number of benzene rings is 1. The Bertz CT molecular complexity index is 947. The van der Waals surface area contributed by atoms with Gasteiger partial charge in [0.25, 0.3) is 0 Å². The lowest BCUT2D eigenvalue weighted by molar-refractivity contribution is -0.151. The summed E-state index contributed by atoms with van der Waals surface area (Å²) in [5.41, 5.74) is 2.29. The first-order chi connectivity index (χ1) is 14.8. The third kappa shape index (κ3) is 4.13. The van der Waals surface area contributed by atoms with Crippen molar-refractivity contribution >= 4 is 23.4 Å². The number of ether oxygens (including phenoxy) is 3. The zero-order chi connectivity index (χ0) is 22.7. The van der Waals surface area contributed by atoms with E-state index in [0.29, 0.717) is 41.3 Å². The number of carbonyl (C=O) groups excluding carboxylic acids is 3. The highest BCUT2D eigenvalue weighted by Gasteiger charge is 2.49. The second-order valence-corrected chi connectivity index (χ2v) is 7.84. The van der Waals surface area contributed by atoms with Crippen molar-refractivity contribution in [1.29, 1.82) is 0 Å². The smallest absolute Gasteiger partial charge is 0.316 e. The molecule has 0 bridgehead atoms. The number of esters is 2. The van der Waals surface area contributed by atoms with E-state index in [4.69, 9.17) is 14.2 Å². The molecule has 0 fully saturated rings. The minimum Gasteiger partial charge on any atom is -0.494 e. The number of ketones is 1. The fourth-order valence-corrected chi connectivity index (χ4v) is 4.59. The van der Waals surface area contributed by atoms with Gasteiger partial charge < -0.3 is 14.2 Å². The average molecular weight is 427 g/mol. The second-order valence-electron chi connectivity index (χ2n) is 7.84. The number of aliphatic imine (C=N–C) groups is 1. The van der Waals surface area contributed by atoms with Crippen molar-refractivity contribution in [3.8, 4) is 5.75 Å². The van der Waals surface area contributed by atoms with E-state index in [9.17, 15) is 14.4 Å². The van der Waals surface area contributed by atoms with Gasteiger partial charge in [0, 0.05) is 28.5 Å². The molecule has 0 amide bonds. The number of hydrogen-bond acceptors (Lipinski definition) is 7. The lowest BCUT2D eigenvalue weighted by atomic mass is 9.67. The maximum atomic E-state index is 13.6. The predicted molar refractivity (Wildman–Crippen MR) is 115 cm³/mol. The summed E-state index contributed by atoms with van der Waals surface area (Å²) >= 11 is 0. The lowest BCUT2D eigenvalue weighted by Crippen LogP contribution is -2.43. The van der Waals surface area contributed by atoms with E-state index < -0.39 is 29.7 Å². The van der Waals surface area contributed by atoms with Crippen LogP contribution in [-0.4, -0.2) is 43.8 Å². The van der Waals surface area contributed by atoms with E-state index in [-0.39, 0.29) is 18.3 Å². The summed E-state index contributed by atoms with van der Waals surface area (Å²) in [5, 5.41) is 0. The average Bonchev–Trinajstić information content (AvgIpc) is 2.73. The Morgan fingerprint density at radius 3 is 2.45 bits per heavy atom. The third-order valence-electron chi connectivity index (χ3n) is 5.90. The molecule has 0 saturated heterocycles. The van der Waals surface area contributed by atoms with Crippen LogP contribution >= 0.6 is 0 Å². The van der Waals surface area contributed by atoms with Crippen molar-refractivity contribution in [3.05, 3.63) is 41.1 Å². The maximum Gasteiger partial charge on any atom is 0.316 e. The van der Waals surface area contributed by atoms with Crippen molar-refractivity contribution < 1.29 is 28.6 Å². The summed E-state index contributed by atoms with van der Waals surface area (Å²) in [4.78, 5) is 43.7. The van der Waals surface area contributed by atoms with Crippen LogP contribution in [0, 0.1) is 17.8 Å². The Hall–Kier alpha value is -2.96. The molecular weight excluding hydrogens is 398 g/mol. The first-order valence-corrected chi connectivity index (χ1v) is 10.6. The molecule has 1 aromatic rings. The molecule has 166 valence electrons. The molecule has 1 heterocycles. The van der Waals surface area contributed by atoms with E-state index in [2.05, 4.69) is 4.99 Å². The van der Waals surface area contributed by atoms with E-state index in [1.165, 1.54) is 7.11 Å². The SMILES string of the molecule is CCOC(=O)[C@H]1C(C)=NC2=C(C(=O)[C@@H](C(=O)OC)[C@@H](C)C2)[C@@H]1c1ccccc1OCC. The van der Waals surface area contributed by atoms with Crippen LogP contribution in [-0.2, 0) is 23.9 Å². The zero-order valence-electron chi connectivity index (χ0n) is 18.6. The third-order valence-corrected chi connectivity index (χ3v) is 5.90. The molecule has 4 atom stereocenters. The summed E-state index contributed by atoms with van der Waals surface area (Å²) in [6.45, 7) is 7.88. The summed E-state index contributed by atoms with van der Waals surface area (Å²) in [5.74, 6) is -3.39. The highest BCUT2D eigenvalue weighted by atomic mass is 16.5. The van der Waals surface area contributed by atoms with E-state index in [0.717, 1.165) is 0 Å². The number of nitrogens with zero attached hydrogens (tertiary/aromatic N) is 1. The zero-order valence-corrected chi connectivity index (χ0v) is 18.6. The molecule has 7 heteroatoms. The maximum absolute atomic E-state index is 13.6. The Labute approximate surface area is 182 Å². The standard InChI is InChI=1S/C24H29NO6/c1-6-30-17-11-9-8-10-15(17)20-19(24(28)31-7-2)14(4)25-16-12-13(3)18(23(27)29-5)22(26)21(16)20/h8-11,13,18-20H,6-7,12H2,1-5H3/t13-,18-,19-,20+/m0/s1. The first kappa shape index (κ1) is 22.7. The van der Waals surface area contributed by atoms with Crippen LogP contribution in [0.1, 0.15) is 45.6 Å². The van der Waals surface area contributed by atoms with Gasteiger partial charge in [-0.1, -0.05) is 25.1 Å². The van der Waals surface area contributed by atoms with Crippen LogP contribution in [0.25, 0.3) is 0 Å². The first-order valence-electron chi connectivity index (χ1n) is 10.6. The fraction of sp³-hybridized carbons (Fsp3) is 0.500. The van der Waals surface area contributed by atoms with Crippen LogP contribution < -0.4 is 4.74 Å². The molecule has 31 heavy (non-hydrogen) atoms. The van der Waals surface area contributed by atoms with Gasteiger partial charge in [-0.05, 0) is 39.2 Å². The molecular formula is C24H29NO6. The van der Waals surface area contributed by atoms with Crippen LogP contribution in [0.3, 0.4) is 0 Å². The summed E-state index contributed by atoms with van der Waals surface area (Å²) in [7, 11) is 1.28. The number of carbonyl (C=O) groups is 3. The molecule has 0 aromatic heterocycles. The quantitative estimate of drug-likeness (QED) is 0.510. The number of para-hydroxylation sites is 1. The van der Waals surface area contributed by atoms with Gasteiger partial charge in [0.05, 0.1) is 20.3 Å². The monoisotopic (exact) mass is 427 g/mol. The molecule has 1 aliphatic heterocycles. The van der Waals surface area contributed by atoms with E-state index in [1.807, 2.05) is 38.1 Å². The van der Waals surface area contributed by atoms with Gasteiger partial charge in [-0.15, -0.1) is 0 Å². The number of rotatable bonds is 6. The van der Waals surface area contributed by atoms with Gasteiger partial charge >= 0.3 is 11.9 Å². The van der Waals surface area contributed by atoms with Crippen molar-refractivity contribution in [1.82, 2.24) is 0 Å². The molecule has 0 saturated carbocycles. The van der Waals surface area contributed by atoms with Crippen molar-refractivity contribution in [3.63, 3.8) is 0 Å². The van der Waals surface area contributed by atoms with Crippen molar-refractivity contribution in [2.24, 2.45) is 22.7 Å². The second kappa shape index (κ2) is 9.45. The number of Topliss-reactive ketones (excluding diaryl/α,β-unsaturated/α-hetero) is 1. The largest absolute Gasteiger partial charge is 0.494 e. The minimum atomic E-state index is -0.929. The van der Waals surface area contributed by atoms with Crippen molar-refractivity contribution in [2.45, 2.75) is 40.0 Å². The fourth-order valence-electron chi connectivity index (χ4n) is 4.59. The van der Waals surface area contributed by atoms with Crippen LogP contribution in [0.4, 0.5) is 0 Å². The predicted octanol–water partition coefficient (Wildman–Crippen LogP) is 3.47. The molecule has 0 N–H and O–H groups in total. The van der Waals surface area contributed by atoms with Gasteiger partial charge in [0.15, 0.2) is 5.78 Å². The Balaban J connectivity index is 2.23. The summed E-state index contributed by atoms with van der Waals surface area (Å²) in [6.07, 6.45) is 0.445. The van der Waals surface area contributed by atoms with Gasteiger partial charge in [0.2, 0.25) is 0 Å². The molecule has 1 aromatic carbocycles. The number of methoxy groups -OCH3 is 1. The van der Waals surface area contributed by atoms with Crippen LogP contribution in [0.5, 0.6) is 5.75 Å². The van der Waals surface area contributed by atoms with Crippen LogP contribution in [0.2, 0.25) is 0 Å². The molecule has 2 aliphatic rings. The van der Waals surface area contributed by atoms with Gasteiger partial charge in [-0.25, -0.2) is 0 Å². The van der Waals surface area contributed by atoms with Gasteiger partial charge in [0.1, 0.15) is 17.6 Å². The van der Waals surface area contributed by atoms with Gasteiger partial charge in [-0.3, -0.25) is 19.4 Å². The Kier molecular flexibility index (Phi) is 6.93. The number of hydrogen-bond donors (Lipinski definition) is 0. The molecule has 7 nitrogen and oxygen atoms in total. The normalized spacial score (nSPS) is 25.5. The summed E-state index contributed by atoms with van der Waals surface area (Å²) in [6, 6.07) is 7.35. The van der Waals surface area contributed by atoms with E-state index in [1.54, 1.807) is 13.8 Å². The lowest BCUT2D eigenvalue weighted by Gasteiger charge is -2.38. The molecule has 0 spiro atoms. The van der Waals surface area contributed by atoms with Crippen LogP contribution in [0.15, 0.2) is 40.5 Å².